The lowest BCUT2D eigenvalue weighted by molar-refractivity contribution is -0.389. The molecule has 0 amide bonds. The molecule has 9 heteroatoms. The van der Waals surface area contributed by atoms with Gasteiger partial charge in [-0.3, -0.25) is 4.68 Å². The third-order valence-electron chi connectivity index (χ3n) is 3.85. The second-order valence-electron chi connectivity index (χ2n) is 6.75. The van der Waals surface area contributed by atoms with Crippen molar-refractivity contribution in [3.63, 3.8) is 0 Å². The van der Waals surface area contributed by atoms with Crippen molar-refractivity contribution in [1.29, 1.82) is 0 Å². The number of anilines is 1. The van der Waals surface area contributed by atoms with E-state index in [1.807, 2.05) is 24.7 Å². The maximum atomic E-state index is 11.4. The lowest BCUT2D eigenvalue weighted by Gasteiger charge is -2.19. The summed E-state index contributed by atoms with van der Waals surface area (Å²) in [5.74, 6) is 0.237. The predicted molar refractivity (Wildman–Crippen MR) is 93.7 cm³/mol. The van der Waals surface area contributed by atoms with Crippen LogP contribution in [-0.2, 0) is 5.54 Å². The standard InChI is InChI=1S/C15H20N6O2S/c1-9(11-8-20(15(3,4)5)18-10(11)2)16-12-13(21(22)23)19-6-7-24-14(19)17-12/h6-9,16H,1-5H3. The summed E-state index contributed by atoms with van der Waals surface area (Å²) in [6.07, 6.45) is 3.64. The zero-order valence-corrected chi connectivity index (χ0v) is 15.1. The van der Waals surface area contributed by atoms with Gasteiger partial charge in [0.1, 0.15) is 6.20 Å². The summed E-state index contributed by atoms with van der Waals surface area (Å²) in [5, 5.41) is 20.9. The monoisotopic (exact) mass is 348 g/mol. The predicted octanol–water partition coefficient (Wildman–Crippen LogP) is 3.74. The van der Waals surface area contributed by atoms with E-state index in [1.165, 1.54) is 15.7 Å². The molecule has 0 saturated heterocycles. The van der Waals surface area contributed by atoms with Crippen molar-refractivity contribution in [3.8, 4) is 0 Å². The van der Waals surface area contributed by atoms with Crippen molar-refractivity contribution in [3.05, 3.63) is 39.1 Å². The van der Waals surface area contributed by atoms with Gasteiger partial charge in [0.05, 0.1) is 17.3 Å². The minimum atomic E-state index is -0.410. The first-order chi connectivity index (χ1) is 11.2. The first-order valence-electron chi connectivity index (χ1n) is 7.61. The molecule has 0 fully saturated rings. The van der Waals surface area contributed by atoms with Crippen molar-refractivity contribution in [2.45, 2.75) is 46.2 Å². The molecule has 3 heterocycles. The van der Waals surface area contributed by atoms with E-state index < -0.39 is 4.92 Å². The molecular formula is C15H20N6O2S. The molecule has 0 spiro atoms. The molecule has 1 atom stereocenters. The number of thiazole rings is 1. The fraction of sp³-hybridized carbons (Fsp3) is 0.467. The van der Waals surface area contributed by atoms with E-state index in [2.05, 4.69) is 36.2 Å². The lowest BCUT2D eigenvalue weighted by Crippen LogP contribution is -2.22. The maximum absolute atomic E-state index is 11.4. The van der Waals surface area contributed by atoms with Gasteiger partial charge in [0.25, 0.3) is 4.96 Å². The van der Waals surface area contributed by atoms with Gasteiger partial charge in [-0.1, -0.05) is 11.3 Å². The molecule has 128 valence electrons. The fourth-order valence-electron chi connectivity index (χ4n) is 2.57. The maximum Gasteiger partial charge on any atom is 0.372 e. The normalized spacial score (nSPS) is 13.4. The van der Waals surface area contributed by atoms with Crippen LogP contribution in [0.2, 0.25) is 0 Å². The van der Waals surface area contributed by atoms with E-state index in [0.717, 1.165) is 11.3 Å². The minimum absolute atomic E-state index is 0.0426. The number of imidazole rings is 1. The van der Waals surface area contributed by atoms with E-state index >= 15 is 0 Å². The van der Waals surface area contributed by atoms with Crippen LogP contribution >= 0.6 is 11.3 Å². The van der Waals surface area contributed by atoms with Gasteiger partial charge < -0.3 is 15.4 Å². The van der Waals surface area contributed by atoms with Crippen molar-refractivity contribution >= 4 is 27.9 Å². The summed E-state index contributed by atoms with van der Waals surface area (Å²) in [6, 6.07) is -0.149. The van der Waals surface area contributed by atoms with Crippen LogP contribution in [-0.4, -0.2) is 24.1 Å². The highest BCUT2D eigenvalue weighted by atomic mass is 32.1. The molecule has 0 radical (unpaired) electrons. The van der Waals surface area contributed by atoms with Gasteiger partial charge in [-0.25, -0.2) is 0 Å². The number of hydrogen-bond donors (Lipinski definition) is 1. The first-order valence-corrected chi connectivity index (χ1v) is 8.49. The molecule has 0 saturated carbocycles. The summed E-state index contributed by atoms with van der Waals surface area (Å²) in [5.41, 5.74) is 1.77. The Bertz CT molecular complexity index is 901. The SMILES string of the molecule is Cc1nn(C(C)(C)C)cc1C(C)Nc1nc2sccn2c1[N+](=O)[O-]. The molecule has 1 unspecified atom stereocenters. The topological polar surface area (TPSA) is 90.3 Å². The van der Waals surface area contributed by atoms with Crippen molar-refractivity contribution in [1.82, 2.24) is 19.2 Å². The Balaban J connectivity index is 1.94. The van der Waals surface area contributed by atoms with Gasteiger partial charge in [0.15, 0.2) is 0 Å². The van der Waals surface area contributed by atoms with Gasteiger partial charge in [-0.15, -0.1) is 0 Å². The van der Waals surface area contributed by atoms with E-state index in [0.29, 0.717) is 4.96 Å². The van der Waals surface area contributed by atoms with Gasteiger partial charge in [0.2, 0.25) is 5.82 Å². The molecule has 0 aliphatic carbocycles. The smallest absolute Gasteiger partial charge is 0.358 e. The lowest BCUT2D eigenvalue weighted by atomic mass is 10.1. The molecule has 0 aliphatic rings. The minimum Gasteiger partial charge on any atom is -0.358 e. The molecule has 1 N–H and O–H groups in total. The summed E-state index contributed by atoms with van der Waals surface area (Å²) in [7, 11) is 0. The molecule has 24 heavy (non-hydrogen) atoms. The van der Waals surface area contributed by atoms with Crippen molar-refractivity contribution in [2.24, 2.45) is 0 Å². The fourth-order valence-corrected chi connectivity index (χ4v) is 3.28. The molecule has 3 rings (SSSR count). The van der Waals surface area contributed by atoms with Crippen LogP contribution in [0.3, 0.4) is 0 Å². The Hall–Kier alpha value is -2.42. The summed E-state index contributed by atoms with van der Waals surface area (Å²) in [6.45, 7) is 10.1. The molecule has 3 aromatic heterocycles. The van der Waals surface area contributed by atoms with E-state index in [9.17, 15) is 10.1 Å². The zero-order chi connectivity index (χ0) is 17.6. The summed E-state index contributed by atoms with van der Waals surface area (Å²) < 4.78 is 3.40. The third-order valence-corrected chi connectivity index (χ3v) is 4.61. The number of aromatic nitrogens is 4. The van der Waals surface area contributed by atoms with Gasteiger partial charge in [-0.2, -0.15) is 14.5 Å². The van der Waals surface area contributed by atoms with Crippen molar-refractivity contribution in [2.75, 3.05) is 5.32 Å². The molecule has 0 aliphatic heterocycles. The Morgan fingerprint density at radius 2 is 2.12 bits per heavy atom. The molecular weight excluding hydrogens is 328 g/mol. The Morgan fingerprint density at radius 3 is 2.71 bits per heavy atom. The Labute approximate surface area is 143 Å². The average Bonchev–Trinajstić information content (AvgIpc) is 3.10. The number of nitro groups is 1. The van der Waals surface area contributed by atoms with E-state index in [4.69, 9.17) is 0 Å². The van der Waals surface area contributed by atoms with Crippen molar-refractivity contribution < 1.29 is 4.92 Å². The van der Waals surface area contributed by atoms with Crippen LogP contribution in [0.4, 0.5) is 11.6 Å². The van der Waals surface area contributed by atoms with E-state index in [1.54, 1.807) is 11.6 Å². The quantitative estimate of drug-likeness (QED) is 0.573. The summed E-state index contributed by atoms with van der Waals surface area (Å²) >= 11 is 1.36. The third kappa shape index (κ3) is 2.75. The van der Waals surface area contributed by atoms with Gasteiger partial charge in [0, 0.05) is 17.1 Å². The van der Waals surface area contributed by atoms with Crippen LogP contribution in [0.5, 0.6) is 0 Å². The average molecular weight is 348 g/mol. The van der Waals surface area contributed by atoms with E-state index in [-0.39, 0.29) is 23.2 Å². The van der Waals surface area contributed by atoms with Crippen LogP contribution < -0.4 is 5.32 Å². The second kappa shape index (κ2) is 5.59. The highest BCUT2D eigenvalue weighted by Gasteiger charge is 2.26. The molecule has 3 aromatic rings. The molecule has 0 aromatic carbocycles. The zero-order valence-electron chi connectivity index (χ0n) is 14.3. The highest BCUT2D eigenvalue weighted by molar-refractivity contribution is 7.15. The van der Waals surface area contributed by atoms with Crippen LogP contribution in [0.15, 0.2) is 17.8 Å². The number of nitrogens with one attached hydrogen (secondary N) is 1. The molecule has 0 bridgehead atoms. The van der Waals surface area contributed by atoms with Gasteiger partial charge in [-0.05, 0) is 39.5 Å². The first kappa shape index (κ1) is 16.4. The summed E-state index contributed by atoms with van der Waals surface area (Å²) in [4.78, 5) is 15.9. The number of aryl methyl sites for hydroxylation is 1. The number of nitrogens with zero attached hydrogens (tertiary/aromatic N) is 5. The highest BCUT2D eigenvalue weighted by Crippen LogP contribution is 2.31. The second-order valence-corrected chi connectivity index (χ2v) is 7.62. The Kier molecular flexibility index (Phi) is 3.83. The largest absolute Gasteiger partial charge is 0.372 e. The number of rotatable bonds is 4. The number of hydrogen-bond acceptors (Lipinski definition) is 6. The van der Waals surface area contributed by atoms with Crippen LogP contribution in [0.25, 0.3) is 4.96 Å². The van der Waals surface area contributed by atoms with Crippen LogP contribution in [0.1, 0.15) is 45.0 Å². The Morgan fingerprint density at radius 1 is 1.42 bits per heavy atom. The number of fused-ring (bicyclic) bond motifs is 1. The van der Waals surface area contributed by atoms with Gasteiger partial charge >= 0.3 is 5.82 Å². The van der Waals surface area contributed by atoms with Crippen LogP contribution in [0, 0.1) is 17.0 Å². The molecule has 8 nitrogen and oxygen atoms in total.